The van der Waals surface area contributed by atoms with E-state index in [1.165, 1.54) is 19.3 Å². The fourth-order valence-corrected chi connectivity index (χ4v) is 3.36. The average Bonchev–Trinajstić information content (AvgIpc) is 2.40. The zero-order valence-electron chi connectivity index (χ0n) is 10.8. The molecule has 1 aliphatic rings. The van der Waals surface area contributed by atoms with Crippen LogP contribution >= 0.6 is 15.9 Å². The van der Waals surface area contributed by atoms with E-state index in [0.717, 1.165) is 29.3 Å². The molecule has 0 aromatic heterocycles. The van der Waals surface area contributed by atoms with Crippen LogP contribution in [0.15, 0.2) is 24.3 Å². The van der Waals surface area contributed by atoms with E-state index < -0.39 is 0 Å². The number of benzene rings is 1. The molecule has 1 fully saturated rings. The Bertz CT molecular complexity index is 424. The third kappa shape index (κ3) is 2.94. The van der Waals surface area contributed by atoms with Gasteiger partial charge in [-0.2, -0.15) is 0 Å². The number of halogens is 1. The summed E-state index contributed by atoms with van der Waals surface area (Å²) in [5.41, 5.74) is 1.79. The van der Waals surface area contributed by atoms with E-state index in [4.69, 9.17) is 0 Å². The van der Waals surface area contributed by atoms with Crippen LogP contribution in [0.4, 0.5) is 0 Å². The predicted molar refractivity (Wildman–Crippen MR) is 78.3 cm³/mol. The molecule has 18 heavy (non-hydrogen) atoms. The molecule has 2 rings (SSSR count). The maximum absolute atomic E-state index is 12.4. The molecule has 0 unspecified atom stereocenters. The van der Waals surface area contributed by atoms with Crippen molar-refractivity contribution >= 4 is 21.8 Å². The van der Waals surface area contributed by atoms with E-state index in [-0.39, 0.29) is 11.4 Å². The Morgan fingerprint density at radius 3 is 2.56 bits per heavy atom. The third-order valence-corrected chi connectivity index (χ3v) is 4.91. The summed E-state index contributed by atoms with van der Waals surface area (Å²) in [4.78, 5) is 12.4. The summed E-state index contributed by atoms with van der Waals surface area (Å²) < 4.78 is 0. The molecule has 0 radical (unpaired) electrons. The molecule has 1 amide bonds. The Kier molecular flexibility index (Phi) is 4.44. The molecule has 98 valence electrons. The predicted octanol–water partition coefficient (Wildman–Crippen LogP) is 3.82. The smallest absolute Gasteiger partial charge is 0.252 e. The van der Waals surface area contributed by atoms with Crippen molar-refractivity contribution in [1.82, 2.24) is 5.32 Å². The SMILES string of the molecule is Cc1ccccc1C(=O)NC1(CBr)CCCCC1. The maximum atomic E-state index is 12.4. The van der Waals surface area contributed by atoms with E-state index in [2.05, 4.69) is 21.2 Å². The lowest BCUT2D eigenvalue weighted by atomic mass is 9.83. The topological polar surface area (TPSA) is 29.1 Å². The van der Waals surface area contributed by atoms with Gasteiger partial charge in [0.15, 0.2) is 0 Å². The van der Waals surface area contributed by atoms with E-state index in [1.54, 1.807) is 0 Å². The summed E-state index contributed by atoms with van der Waals surface area (Å²) in [6, 6.07) is 7.77. The van der Waals surface area contributed by atoms with Crippen molar-refractivity contribution in [3.05, 3.63) is 35.4 Å². The van der Waals surface area contributed by atoms with Crippen LogP contribution in [0, 0.1) is 6.92 Å². The zero-order chi connectivity index (χ0) is 13.0. The van der Waals surface area contributed by atoms with Crippen molar-refractivity contribution in [2.45, 2.75) is 44.6 Å². The second-order valence-corrected chi connectivity index (χ2v) is 5.80. The Labute approximate surface area is 117 Å². The summed E-state index contributed by atoms with van der Waals surface area (Å²) in [5.74, 6) is 0.0643. The van der Waals surface area contributed by atoms with Crippen molar-refractivity contribution < 1.29 is 4.79 Å². The van der Waals surface area contributed by atoms with Crippen LogP contribution in [0.25, 0.3) is 0 Å². The molecular formula is C15H20BrNO. The Balaban J connectivity index is 2.13. The second-order valence-electron chi connectivity index (χ2n) is 5.24. The lowest BCUT2D eigenvalue weighted by molar-refractivity contribution is 0.0886. The first-order valence-corrected chi connectivity index (χ1v) is 7.73. The molecule has 0 aliphatic heterocycles. The van der Waals surface area contributed by atoms with Gasteiger partial charge < -0.3 is 5.32 Å². The number of hydrogen-bond donors (Lipinski definition) is 1. The molecule has 0 saturated heterocycles. The second kappa shape index (κ2) is 5.87. The van der Waals surface area contributed by atoms with Crippen LogP contribution in [0.3, 0.4) is 0 Å². The van der Waals surface area contributed by atoms with Gasteiger partial charge in [0.25, 0.3) is 5.91 Å². The van der Waals surface area contributed by atoms with Gasteiger partial charge in [0.1, 0.15) is 0 Å². The monoisotopic (exact) mass is 309 g/mol. The van der Waals surface area contributed by atoms with Crippen LogP contribution in [-0.2, 0) is 0 Å². The number of hydrogen-bond acceptors (Lipinski definition) is 1. The van der Waals surface area contributed by atoms with Gasteiger partial charge >= 0.3 is 0 Å². The fourth-order valence-electron chi connectivity index (χ4n) is 2.66. The minimum Gasteiger partial charge on any atom is -0.346 e. The van der Waals surface area contributed by atoms with E-state index in [1.807, 2.05) is 31.2 Å². The molecule has 1 aromatic rings. The van der Waals surface area contributed by atoms with Crippen LogP contribution in [0.1, 0.15) is 48.0 Å². The van der Waals surface area contributed by atoms with E-state index in [9.17, 15) is 4.79 Å². The molecule has 0 bridgehead atoms. The normalized spacial score (nSPS) is 18.3. The van der Waals surface area contributed by atoms with Crippen LogP contribution in [0.2, 0.25) is 0 Å². The number of rotatable bonds is 3. The summed E-state index contributed by atoms with van der Waals surface area (Å²) in [7, 11) is 0. The summed E-state index contributed by atoms with van der Waals surface area (Å²) in [6.45, 7) is 1.98. The van der Waals surface area contributed by atoms with Gasteiger partial charge in [-0.05, 0) is 31.4 Å². The molecule has 0 heterocycles. The van der Waals surface area contributed by atoms with Gasteiger partial charge in [0.05, 0.1) is 5.54 Å². The molecule has 0 atom stereocenters. The molecular weight excluding hydrogens is 290 g/mol. The number of aryl methyl sites for hydroxylation is 1. The highest BCUT2D eigenvalue weighted by atomic mass is 79.9. The molecule has 1 saturated carbocycles. The fraction of sp³-hybridized carbons (Fsp3) is 0.533. The molecule has 1 N–H and O–H groups in total. The highest BCUT2D eigenvalue weighted by Crippen LogP contribution is 2.30. The Morgan fingerprint density at radius 2 is 1.94 bits per heavy atom. The van der Waals surface area contributed by atoms with Crippen molar-refractivity contribution in [2.24, 2.45) is 0 Å². The van der Waals surface area contributed by atoms with Crippen LogP contribution < -0.4 is 5.32 Å². The van der Waals surface area contributed by atoms with Crippen molar-refractivity contribution in [3.8, 4) is 0 Å². The molecule has 2 nitrogen and oxygen atoms in total. The summed E-state index contributed by atoms with van der Waals surface area (Å²) in [5, 5.41) is 4.10. The third-order valence-electron chi connectivity index (χ3n) is 3.83. The first kappa shape index (κ1) is 13.6. The largest absolute Gasteiger partial charge is 0.346 e. The number of nitrogens with one attached hydrogen (secondary N) is 1. The van der Waals surface area contributed by atoms with Gasteiger partial charge in [0.2, 0.25) is 0 Å². The van der Waals surface area contributed by atoms with Gasteiger partial charge in [-0.1, -0.05) is 53.4 Å². The molecule has 1 aromatic carbocycles. The van der Waals surface area contributed by atoms with Gasteiger partial charge in [-0.25, -0.2) is 0 Å². The molecule has 3 heteroatoms. The average molecular weight is 310 g/mol. The lowest BCUT2D eigenvalue weighted by Crippen LogP contribution is -2.51. The number of amides is 1. The minimum absolute atomic E-state index is 0.0440. The Morgan fingerprint density at radius 1 is 1.28 bits per heavy atom. The first-order chi connectivity index (χ1) is 8.67. The van der Waals surface area contributed by atoms with Gasteiger partial charge in [-0.3, -0.25) is 4.79 Å². The van der Waals surface area contributed by atoms with E-state index in [0.29, 0.717) is 0 Å². The van der Waals surface area contributed by atoms with Crippen molar-refractivity contribution in [1.29, 1.82) is 0 Å². The summed E-state index contributed by atoms with van der Waals surface area (Å²) in [6.07, 6.45) is 5.86. The maximum Gasteiger partial charge on any atom is 0.252 e. The number of alkyl halides is 1. The highest BCUT2D eigenvalue weighted by Gasteiger charge is 2.32. The lowest BCUT2D eigenvalue weighted by Gasteiger charge is -2.36. The highest BCUT2D eigenvalue weighted by molar-refractivity contribution is 9.09. The molecule has 0 spiro atoms. The zero-order valence-corrected chi connectivity index (χ0v) is 12.4. The first-order valence-electron chi connectivity index (χ1n) is 6.61. The molecule has 1 aliphatic carbocycles. The Hall–Kier alpha value is -0.830. The quantitative estimate of drug-likeness (QED) is 0.845. The van der Waals surface area contributed by atoms with Crippen molar-refractivity contribution in [3.63, 3.8) is 0 Å². The minimum atomic E-state index is -0.0440. The van der Waals surface area contributed by atoms with E-state index >= 15 is 0 Å². The van der Waals surface area contributed by atoms with Crippen molar-refractivity contribution in [2.75, 3.05) is 5.33 Å². The van der Waals surface area contributed by atoms with Crippen LogP contribution in [0.5, 0.6) is 0 Å². The van der Waals surface area contributed by atoms with Crippen LogP contribution in [-0.4, -0.2) is 16.8 Å². The number of carbonyl (C=O) groups excluding carboxylic acids is 1. The summed E-state index contributed by atoms with van der Waals surface area (Å²) >= 11 is 3.57. The van der Waals surface area contributed by atoms with Gasteiger partial charge in [0, 0.05) is 10.9 Å². The number of carbonyl (C=O) groups is 1. The standard InChI is InChI=1S/C15H20BrNO/c1-12-7-3-4-8-13(12)14(18)17-15(11-16)9-5-2-6-10-15/h3-4,7-8H,2,5-6,9-11H2,1H3,(H,17,18). The van der Waals surface area contributed by atoms with Gasteiger partial charge in [-0.15, -0.1) is 0 Å².